The Bertz CT molecular complexity index is 1190. The summed E-state index contributed by atoms with van der Waals surface area (Å²) in [6.45, 7) is 0.494. The number of hydrogen-bond acceptors (Lipinski definition) is 6. The standard InChI is InChI=1S/C24H21N3O5S/c28-21(25-10-13-9-18(13)22(29)30)20-11-26-23(33-20)27-24(31)32-12-19-16-7-3-1-5-14(16)15-6-2-4-8-17(15)19/h1-8,11,13,18-19H,9-10,12H2,(H,25,28)(H,29,30)(H,26,27,31)/t13-,18-/m0/s1. The van der Waals surface area contributed by atoms with Gasteiger partial charge in [-0.1, -0.05) is 59.9 Å². The van der Waals surface area contributed by atoms with Crippen molar-refractivity contribution in [2.45, 2.75) is 12.3 Å². The number of carbonyl (C=O) groups excluding carboxylic acids is 2. The van der Waals surface area contributed by atoms with Crippen molar-refractivity contribution >= 4 is 34.4 Å². The number of aromatic nitrogens is 1. The fourth-order valence-corrected chi connectivity index (χ4v) is 4.96. The van der Waals surface area contributed by atoms with E-state index in [9.17, 15) is 14.4 Å². The summed E-state index contributed by atoms with van der Waals surface area (Å²) in [5.41, 5.74) is 4.55. The third kappa shape index (κ3) is 4.31. The molecule has 3 N–H and O–H groups in total. The normalized spacial score (nSPS) is 18.2. The Hall–Kier alpha value is -3.72. The first-order chi connectivity index (χ1) is 16.0. The first kappa shape index (κ1) is 21.1. The monoisotopic (exact) mass is 463 g/mol. The second-order valence-corrected chi connectivity index (χ2v) is 9.16. The molecule has 0 unspecified atom stereocenters. The molecule has 0 bridgehead atoms. The van der Waals surface area contributed by atoms with Crippen LogP contribution < -0.4 is 10.6 Å². The van der Waals surface area contributed by atoms with Gasteiger partial charge in [0.2, 0.25) is 0 Å². The van der Waals surface area contributed by atoms with Gasteiger partial charge in [0.15, 0.2) is 5.13 Å². The summed E-state index contributed by atoms with van der Waals surface area (Å²) in [6, 6.07) is 16.2. The maximum absolute atomic E-state index is 12.4. The molecule has 1 heterocycles. The first-order valence-electron chi connectivity index (χ1n) is 10.6. The Kier molecular flexibility index (Phi) is 5.55. The number of aliphatic carboxylic acids is 1. The zero-order valence-corrected chi connectivity index (χ0v) is 18.3. The van der Waals surface area contributed by atoms with E-state index < -0.39 is 12.1 Å². The molecule has 0 radical (unpaired) electrons. The van der Waals surface area contributed by atoms with Gasteiger partial charge in [-0.25, -0.2) is 9.78 Å². The van der Waals surface area contributed by atoms with Crippen LogP contribution in [-0.4, -0.2) is 41.2 Å². The molecular weight excluding hydrogens is 442 g/mol. The topological polar surface area (TPSA) is 118 Å². The third-order valence-electron chi connectivity index (χ3n) is 6.05. The van der Waals surface area contributed by atoms with Gasteiger partial charge in [0, 0.05) is 12.5 Å². The highest BCUT2D eigenvalue weighted by Crippen LogP contribution is 2.44. The number of fused-ring (bicyclic) bond motifs is 3. The number of amides is 2. The molecule has 2 aliphatic rings. The molecule has 2 aliphatic carbocycles. The van der Waals surface area contributed by atoms with Gasteiger partial charge in [0.25, 0.3) is 5.91 Å². The molecule has 0 saturated heterocycles. The van der Waals surface area contributed by atoms with E-state index in [0.717, 1.165) is 33.6 Å². The fraction of sp³-hybridized carbons (Fsp3) is 0.250. The average molecular weight is 464 g/mol. The van der Waals surface area contributed by atoms with Crippen LogP contribution in [0.25, 0.3) is 11.1 Å². The van der Waals surface area contributed by atoms with Crippen molar-refractivity contribution in [1.82, 2.24) is 10.3 Å². The van der Waals surface area contributed by atoms with Crippen molar-refractivity contribution in [3.63, 3.8) is 0 Å². The molecule has 3 aromatic rings. The van der Waals surface area contributed by atoms with Gasteiger partial charge < -0.3 is 15.2 Å². The van der Waals surface area contributed by atoms with Crippen molar-refractivity contribution in [2.24, 2.45) is 11.8 Å². The molecule has 2 atom stereocenters. The molecule has 1 fully saturated rings. The minimum Gasteiger partial charge on any atom is -0.481 e. The minimum atomic E-state index is -0.832. The number of benzene rings is 2. The van der Waals surface area contributed by atoms with Crippen molar-refractivity contribution < 1.29 is 24.2 Å². The van der Waals surface area contributed by atoms with Crippen LogP contribution in [0.4, 0.5) is 9.93 Å². The number of nitrogens with one attached hydrogen (secondary N) is 2. The third-order valence-corrected chi connectivity index (χ3v) is 6.96. The molecule has 168 valence electrons. The van der Waals surface area contributed by atoms with E-state index in [4.69, 9.17) is 9.84 Å². The summed E-state index contributed by atoms with van der Waals surface area (Å²) < 4.78 is 5.50. The Balaban J connectivity index is 1.15. The maximum atomic E-state index is 12.4. The lowest BCUT2D eigenvalue weighted by Crippen LogP contribution is -2.25. The maximum Gasteiger partial charge on any atom is 0.413 e. The van der Waals surface area contributed by atoms with Crippen molar-refractivity contribution in [3.05, 3.63) is 70.7 Å². The largest absolute Gasteiger partial charge is 0.481 e. The predicted molar refractivity (Wildman–Crippen MR) is 122 cm³/mol. The highest BCUT2D eigenvalue weighted by atomic mass is 32.1. The summed E-state index contributed by atoms with van der Waals surface area (Å²) in [7, 11) is 0. The Morgan fingerprint density at radius 2 is 1.73 bits per heavy atom. The molecule has 2 aromatic carbocycles. The molecule has 5 rings (SSSR count). The van der Waals surface area contributed by atoms with Crippen molar-refractivity contribution in [1.29, 1.82) is 0 Å². The highest BCUT2D eigenvalue weighted by Gasteiger charge is 2.43. The van der Waals surface area contributed by atoms with E-state index in [1.54, 1.807) is 0 Å². The SMILES string of the molecule is O=C(Nc1ncc(C(=O)NC[C@@H]2C[C@@H]2C(=O)O)s1)OCC1c2ccccc2-c2ccccc21. The number of thiazole rings is 1. The molecule has 2 amide bonds. The van der Waals surface area contributed by atoms with Gasteiger partial charge in [-0.15, -0.1) is 0 Å². The Morgan fingerprint density at radius 3 is 2.36 bits per heavy atom. The van der Waals surface area contributed by atoms with E-state index in [2.05, 4.69) is 27.8 Å². The van der Waals surface area contributed by atoms with Crippen LogP contribution >= 0.6 is 11.3 Å². The molecule has 33 heavy (non-hydrogen) atoms. The van der Waals surface area contributed by atoms with Gasteiger partial charge in [-0.05, 0) is 34.6 Å². The summed E-state index contributed by atoms with van der Waals surface area (Å²) in [6.07, 6.45) is 1.31. The zero-order chi connectivity index (χ0) is 22.9. The van der Waals surface area contributed by atoms with Gasteiger partial charge >= 0.3 is 12.1 Å². The number of carboxylic acids is 1. The number of anilines is 1. The van der Waals surface area contributed by atoms with Crippen LogP contribution in [0.1, 0.15) is 33.1 Å². The Morgan fingerprint density at radius 1 is 1.06 bits per heavy atom. The van der Waals surface area contributed by atoms with E-state index in [-0.39, 0.29) is 35.4 Å². The van der Waals surface area contributed by atoms with Gasteiger partial charge in [-0.3, -0.25) is 14.9 Å². The van der Waals surface area contributed by atoms with Crippen molar-refractivity contribution in [3.8, 4) is 11.1 Å². The van der Waals surface area contributed by atoms with Crippen LogP contribution in [-0.2, 0) is 9.53 Å². The lowest BCUT2D eigenvalue weighted by molar-refractivity contribution is -0.138. The molecule has 9 heteroatoms. The summed E-state index contributed by atoms with van der Waals surface area (Å²) in [5, 5.41) is 14.5. The quantitative estimate of drug-likeness (QED) is 0.488. The van der Waals surface area contributed by atoms with E-state index >= 15 is 0 Å². The van der Waals surface area contributed by atoms with Crippen LogP contribution in [0.15, 0.2) is 54.7 Å². The lowest BCUT2D eigenvalue weighted by Gasteiger charge is -2.14. The second kappa shape index (κ2) is 8.67. The number of ether oxygens (including phenoxy) is 1. The highest BCUT2D eigenvalue weighted by molar-refractivity contribution is 7.17. The molecule has 0 spiro atoms. The van der Waals surface area contributed by atoms with Gasteiger partial charge in [-0.2, -0.15) is 0 Å². The van der Waals surface area contributed by atoms with Crippen LogP contribution in [0.3, 0.4) is 0 Å². The lowest BCUT2D eigenvalue weighted by atomic mass is 9.98. The molecule has 1 saturated carbocycles. The molecule has 0 aliphatic heterocycles. The number of nitrogens with zero attached hydrogens (tertiary/aromatic N) is 1. The zero-order valence-electron chi connectivity index (χ0n) is 17.5. The fourth-order valence-electron chi connectivity index (χ4n) is 4.25. The van der Waals surface area contributed by atoms with Crippen LogP contribution in [0.5, 0.6) is 0 Å². The number of carboxylic acid groups (broad SMARTS) is 1. The average Bonchev–Trinajstić information content (AvgIpc) is 3.35. The molecule has 1 aromatic heterocycles. The van der Waals surface area contributed by atoms with E-state index in [0.29, 0.717) is 17.8 Å². The van der Waals surface area contributed by atoms with Gasteiger partial charge in [0.1, 0.15) is 11.5 Å². The number of rotatable bonds is 7. The summed E-state index contributed by atoms with van der Waals surface area (Å²) >= 11 is 1.03. The van der Waals surface area contributed by atoms with Gasteiger partial charge in [0.05, 0.1) is 12.1 Å². The predicted octanol–water partition coefficient (Wildman–Crippen LogP) is 3.95. The smallest absolute Gasteiger partial charge is 0.413 e. The van der Waals surface area contributed by atoms with E-state index in [1.165, 1.54) is 6.20 Å². The molecule has 8 nitrogen and oxygen atoms in total. The minimum absolute atomic E-state index is 0.0298. The van der Waals surface area contributed by atoms with Crippen LogP contribution in [0, 0.1) is 11.8 Å². The first-order valence-corrected chi connectivity index (χ1v) is 11.4. The molecular formula is C24H21N3O5S. The van der Waals surface area contributed by atoms with Crippen LogP contribution in [0.2, 0.25) is 0 Å². The number of carbonyl (C=O) groups is 3. The Labute approximate surface area is 193 Å². The van der Waals surface area contributed by atoms with E-state index in [1.807, 2.05) is 36.4 Å². The summed E-state index contributed by atoms with van der Waals surface area (Å²) in [4.78, 5) is 39.9. The second-order valence-electron chi connectivity index (χ2n) is 8.13. The van der Waals surface area contributed by atoms with Crippen molar-refractivity contribution in [2.75, 3.05) is 18.5 Å². The summed E-state index contributed by atoms with van der Waals surface area (Å²) in [5.74, 6) is -1.63. The number of hydrogen-bond donors (Lipinski definition) is 3.